The molecule has 4 aromatic carbocycles. The normalized spacial score (nSPS) is 12.5. The molecule has 0 amide bonds. The Morgan fingerprint density at radius 2 is 0.759 bits per heavy atom. The Bertz CT molecular complexity index is 925. The fourth-order valence-corrected chi connectivity index (χ4v) is 16.1. The second kappa shape index (κ2) is 7.73. The first-order valence-electron chi connectivity index (χ1n) is 9.63. The van der Waals surface area contributed by atoms with Gasteiger partial charge in [0.25, 0.3) is 0 Å². The van der Waals surface area contributed by atoms with Gasteiger partial charge in [-0.1, -0.05) is 0 Å². The van der Waals surface area contributed by atoms with Gasteiger partial charge >= 0.3 is 173 Å². The second-order valence-electron chi connectivity index (χ2n) is 6.96. The van der Waals surface area contributed by atoms with Crippen LogP contribution in [0.4, 0.5) is 0 Å². The summed E-state index contributed by atoms with van der Waals surface area (Å²) in [6.07, 6.45) is 0. The summed E-state index contributed by atoms with van der Waals surface area (Å²) < 4.78 is 10.9. The maximum absolute atomic E-state index is 12.8. The summed E-state index contributed by atoms with van der Waals surface area (Å²) in [5.41, 5.74) is 0. The molecule has 0 unspecified atom stereocenters. The molecule has 0 aliphatic carbocycles. The van der Waals surface area contributed by atoms with Crippen LogP contribution in [0.15, 0.2) is 121 Å². The van der Waals surface area contributed by atoms with Crippen molar-refractivity contribution in [3.63, 3.8) is 0 Å². The molecule has 29 heavy (non-hydrogen) atoms. The van der Waals surface area contributed by atoms with E-state index in [0.29, 0.717) is 0 Å². The molecule has 0 fully saturated rings. The van der Waals surface area contributed by atoms with Gasteiger partial charge in [-0.25, -0.2) is 0 Å². The fraction of sp³-hybridized carbons (Fsp3) is 0.0385. The maximum atomic E-state index is 12.8. The van der Waals surface area contributed by atoms with Gasteiger partial charge in [-0.15, -0.1) is 0 Å². The number of hydrogen-bond acceptors (Lipinski definition) is 2. The van der Waals surface area contributed by atoms with Gasteiger partial charge in [0.05, 0.1) is 0 Å². The number of carbonyl (C=O) groups is 1. The molecule has 0 atom stereocenters. The predicted octanol–water partition coefficient (Wildman–Crippen LogP) is 3.08. The zero-order valence-electron chi connectivity index (χ0n) is 16.3. The first-order valence-corrected chi connectivity index (χ1v) is 14.1. The van der Waals surface area contributed by atoms with Crippen LogP contribution in [-0.4, -0.2) is 18.8 Å². The molecule has 2 nitrogen and oxygen atoms in total. The quantitative estimate of drug-likeness (QED) is 0.444. The number of carbonyl (C=O) groups excluding carboxylic acids is 1. The van der Waals surface area contributed by atoms with E-state index in [9.17, 15) is 4.79 Å². The molecular weight excluding hydrogens is 419 g/mol. The molecule has 0 bridgehead atoms. The summed E-state index contributed by atoms with van der Waals surface area (Å²) in [5.74, 6) is -0.281. The van der Waals surface area contributed by atoms with Gasteiger partial charge in [-0.3, -0.25) is 0 Å². The molecule has 0 aliphatic rings. The van der Waals surface area contributed by atoms with Crippen molar-refractivity contribution in [2.24, 2.45) is 0 Å². The zero-order chi connectivity index (χ0) is 20.2. The van der Waals surface area contributed by atoms with E-state index in [2.05, 4.69) is 48.5 Å². The van der Waals surface area contributed by atoms with E-state index in [-0.39, 0.29) is 5.97 Å². The summed E-state index contributed by atoms with van der Waals surface area (Å²) >= 11 is -4.57. The molecule has 4 aromatic rings. The number of hydrogen-bond donors (Lipinski definition) is 0. The Morgan fingerprint density at radius 3 is 0.966 bits per heavy atom. The van der Waals surface area contributed by atoms with Gasteiger partial charge in [-0.05, 0) is 0 Å². The third-order valence-electron chi connectivity index (χ3n) is 5.31. The standard InChI is InChI=1S/C26H23AsO2/c1-22(28)29-27(23-14-6-2-7-15-23,24-16-8-3-9-17-24,25-18-10-4-11-19-25)26-20-12-5-13-21-26/h2-21H,1H3. The topological polar surface area (TPSA) is 26.3 Å². The third kappa shape index (κ3) is 2.92. The molecule has 0 saturated carbocycles. The summed E-state index contributed by atoms with van der Waals surface area (Å²) in [6.45, 7) is 1.51. The summed E-state index contributed by atoms with van der Waals surface area (Å²) in [6, 6.07) is 40.9. The molecule has 0 spiro atoms. The van der Waals surface area contributed by atoms with Crippen molar-refractivity contribution >= 4 is 36.2 Å². The third-order valence-corrected chi connectivity index (χ3v) is 17.4. The SMILES string of the molecule is CC(=O)O[As](c1ccccc1)(c1ccccc1)(c1ccccc1)c1ccccc1. The Kier molecular flexibility index (Phi) is 5.13. The van der Waals surface area contributed by atoms with Gasteiger partial charge in [0.2, 0.25) is 0 Å². The molecule has 4 rings (SSSR count). The average molecular weight is 442 g/mol. The minimum absolute atomic E-state index is 0.281. The Labute approximate surface area is 172 Å². The van der Waals surface area contributed by atoms with Crippen molar-refractivity contribution in [1.29, 1.82) is 0 Å². The summed E-state index contributed by atoms with van der Waals surface area (Å²) in [4.78, 5) is 12.8. The predicted molar refractivity (Wildman–Crippen MR) is 122 cm³/mol. The van der Waals surface area contributed by atoms with Crippen LogP contribution in [0.2, 0.25) is 0 Å². The second-order valence-corrected chi connectivity index (χ2v) is 16.0. The first kappa shape index (κ1) is 19.2. The zero-order valence-corrected chi connectivity index (χ0v) is 18.2. The van der Waals surface area contributed by atoms with Crippen LogP contribution in [0.25, 0.3) is 0 Å². The summed E-state index contributed by atoms with van der Waals surface area (Å²) in [5, 5.41) is 0. The van der Waals surface area contributed by atoms with Crippen molar-refractivity contribution in [2.75, 3.05) is 0 Å². The van der Waals surface area contributed by atoms with E-state index < -0.39 is 12.8 Å². The van der Waals surface area contributed by atoms with Gasteiger partial charge in [0.1, 0.15) is 0 Å². The van der Waals surface area contributed by atoms with Crippen molar-refractivity contribution in [3.8, 4) is 0 Å². The van der Waals surface area contributed by atoms with Gasteiger partial charge < -0.3 is 0 Å². The molecule has 0 heterocycles. The first-order chi connectivity index (χ1) is 14.2. The van der Waals surface area contributed by atoms with E-state index in [1.807, 2.05) is 72.8 Å². The Morgan fingerprint density at radius 1 is 0.517 bits per heavy atom. The van der Waals surface area contributed by atoms with Gasteiger partial charge in [0, 0.05) is 0 Å². The van der Waals surface area contributed by atoms with E-state index >= 15 is 0 Å². The summed E-state index contributed by atoms with van der Waals surface area (Å²) in [7, 11) is 0. The van der Waals surface area contributed by atoms with Crippen LogP contribution < -0.4 is 17.4 Å². The minimum atomic E-state index is -4.57. The molecule has 0 radical (unpaired) electrons. The molecule has 3 heteroatoms. The van der Waals surface area contributed by atoms with Crippen molar-refractivity contribution < 1.29 is 8.52 Å². The molecule has 0 aliphatic heterocycles. The van der Waals surface area contributed by atoms with E-state index in [1.165, 1.54) is 6.92 Å². The Hall–Kier alpha value is -3.09. The van der Waals surface area contributed by atoms with Crippen LogP contribution in [0.5, 0.6) is 0 Å². The number of rotatable bonds is 5. The van der Waals surface area contributed by atoms with Crippen LogP contribution in [0.1, 0.15) is 6.92 Å². The average Bonchev–Trinajstić information content (AvgIpc) is 2.80. The van der Waals surface area contributed by atoms with E-state index in [1.54, 1.807) is 0 Å². The van der Waals surface area contributed by atoms with Crippen LogP contribution in [0.3, 0.4) is 0 Å². The van der Waals surface area contributed by atoms with Crippen LogP contribution in [0, 0.1) is 0 Å². The monoisotopic (exact) mass is 442 g/mol. The van der Waals surface area contributed by atoms with Crippen LogP contribution >= 0.6 is 0 Å². The van der Waals surface area contributed by atoms with Gasteiger partial charge in [-0.2, -0.15) is 0 Å². The molecule has 0 aromatic heterocycles. The molecular formula is C26H23AsO2. The van der Waals surface area contributed by atoms with Crippen LogP contribution in [-0.2, 0) is 8.52 Å². The fourth-order valence-electron chi connectivity index (χ4n) is 4.21. The van der Waals surface area contributed by atoms with Gasteiger partial charge in [0.15, 0.2) is 0 Å². The van der Waals surface area contributed by atoms with Crippen molar-refractivity contribution in [3.05, 3.63) is 121 Å². The Balaban J connectivity index is 2.31. The van der Waals surface area contributed by atoms with E-state index in [0.717, 1.165) is 17.4 Å². The molecule has 0 N–H and O–H groups in total. The van der Waals surface area contributed by atoms with Crippen molar-refractivity contribution in [1.82, 2.24) is 0 Å². The van der Waals surface area contributed by atoms with E-state index in [4.69, 9.17) is 3.73 Å². The number of benzene rings is 4. The molecule has 0 saturated heterocycles. The molecule has 144 valence electrons. The van der Waals surface area contributed by atoms with Crippen molar-refractivity contribution in [2.45, 2.75) is 6.92 Å².